The number of benzene rings is 3. The molecule has 0 aliphatic carbocycles. The number of nitrogens with zero attached hydrogens (tertiary/aromatic N) is 2. The molecular weight excluding hydrogens is 550 g/mol. The van der Waals surface area contributed by atoms with Gasteiger partial charge in [0, 0.05) is 12.1 Å². The van der Waals surface area contributed by atoms with Gasteiger partial charge in [0.05, 0.1) is 34.9 Å². The number of hydrogen-bond acceptors (Lipinski definition) is 9. The molecule has 0 aliphatic rings. The lowest BCUT2D eigenvalue weighted by atomic mass is 10.2. The largest absolute Gasteiger partial charge is 0.497 e. The molecule has 192 valence electrons. The number of halogens is 1. The van der Waals surface area contributed by atoms with Gasteiger partial charge >= 0.3 is 5.97 Å². The van der Waals surface area contributed by atoms with Crippen LogP contribution in [0.2, 0.25) is 0 Å². The smallest absolute Gasteiger partial charge is 0.343 e. The normalized spacial score (nSPS) is 10.6. The monoisotopic (exact) mass is 571 g/mol. The molecule has 3 aromatic carbocycles. The Bertz CT molecular complexity index is 1310. The van der Waals surface area contributed by atoms with Crippen LogP contribution in [0.3, 0.4) is 0 Å². The molecule has 0 saturated carbocycles. The number of hydrazone groups is 1. The summed E-state index contributed by atoms with van der Waals surface area (Å²) in [4.78, 5) is 34.8. The summed E-state index contributed by atoms with van der Waals surface area (Å²) < 4.78 is 22.2. The van der Waals surface area contributed by atoms with Crippen LogP contribution >= 0.6 is 15.9 Å². The number of non-ortho nitro benzene ring substituents is 1. The quantitative estimate of drug-likeness (QED) is 0.116. The average Bonchev–Trinajstić information content (AvgIpc) is 2.89. The van der Waals surface area contributed by atoms with Gasteiger partial charge in [0.15, 0.2) is 18.1 Å². The Kier molecular flexibility index (Phi) is 9.55. The van der Waals surface area contributed by atoms with E-state index >= 15 is 0 Å². The number of nitro benzene ring substituents is 1. The van der Waals surface area contributed by atoms with E-state index in [1.807, 2.05) is 0 Å². The van der Waals surface area contributed by atoms with Crippen molar-refractivity contribution in [1.82, 2.24) is 5.43 Å². The molecule has 0 unspecified atom stereocenters. The van der Waals surface area contributed by atoms with E-state index in [4.69, 9.17) is 18.9 Å². The number of carbonyl (C=O) groups excluding carboxylic acids is 2. The van der Waals surface area contributed by atoms with Crippen LogP contribution in [0.1, 0.15) is 22.8 Å². The molecule has 0 atom stereocenters. The maximum absolute atomic E-state index is 12.5. The second-order valence-corrected chi connectivity index (χ2v) is 8.07. The van der Waals surface area contributed by atoms with E-state index in [2.05, 4.69) is 26.5 Å². The van der Waals surface area contributed by atoms with Crippen LogP contribution in [0, 0.1) is 10.1 Å². The summed E-state index contributed by atoms with van der Waals surface area (Å²) in [6, 6.07) is 14.9. The second kappa shape index (κ2) is 13.0. The van der Waals surface area contributed by atoms with Crippen molar-refractivity contribution in [3.05, 3.63) is 86.4 Å². The third-order valence-electron chi connectivity index (χ3n) is 4.68. The number of methoxy groups -OCH3 is 1. The first kappa shape index (κ1) is 27.1. The molecule has 0 radical (unpaired) electrons. The minimum atomic E-state index is -0.701. The lowest BCUT2D eigenvalue weighted by Crippen LogP contribution is -2.24. The number of carbonyl (C=O) groups is 2. The minimum Gasteiger partial charge on any atom is -0.497 e. The Morgan fingerprint density at radius 2 is 1.76 bits per heavy atom. The highest BCUT2D eigenvalue weighted by atomic mass is 79.9. The van der Waals surface area contributed by atoms with Gasteiger partial charge < -0.3 is 18.9 Å². The Morgan fingerprint density at radius 1 is 1.03 bits per heavy atom. The van der Waals surface area contributed by atoms with E-state index in [-0.39, 0.29) is 29.4 Å². The van der Waals surface area contributed by atoms with Crippen LogP contribution in [0.4, 0.5) is 5.69 Å². The maximum Gasteiger partial charge on any atom is 0.343 e. The van der Waals surface area contributed by atoms with E-state index in [0.717, 1.165) is 0 Å². The van der Waals surface area contributed by atoms with Crippen molar-refractivity contribution < 1.29 is 33.5 Å². The van der Waals surface area contributed by atoms with Gasteiger partial charge in [-0.3, -0.25) is 14.9 Å². The van der Waals surface area contributed by atoms with Gasteiger partial charge in [-0.05, 0) is 76.9 Å². The van der Waals surface area contributed by atoms with E-state index in [0.29, 0.717) is 28.1 Å². The highest BCUT2D eigenvalue weighted by Gasteiger charge is 2.15. The first-order valence-electron chi connectivity index (χ1n) is 10.8. The summed E-state index contributed by atoms with van der Waals surface area (Å²) in [6.07, 6.45) is 1.39. The molecular formula is C25H22BrN3O8. The topological polar surface area (TPSA) is 139 Å². The molecule has 0 spiro atoms. The molecule has 37 heavy (non-hydrogen) atoms. The molecule has 11 nitrogen and oxygen atoms in total. The zero-order chi connectivity index (χ0) is 26.8. The van der Waals surface area contributed by atoms with Crippen molar-refractivity contribution in [3.63, 3.8) is 0 Å². The Morgan fingerprint density at radius 3 is 2.41 bits per heavy atom. The molecule has 1 amide bonds. The number of amides is 1. The molecule has 0 heterocycles. The fourth-order valence-electron chi connectivity index (χ4n) is 2.92. The van der Waals surface area contributed by atoms with Gasteiger partial charge in [0.25, 0.3) is 11.6 Å². The number of ether oxygens (including phenoxy) is 4. The van der Waals surface area contributed by atoms with Crippen LogP contribution in [0.15, 0.2) is 70.2 Å². The average molecular weight is 572 g/mol. The number of nitrogens with one attached hydrogen (secondary N) is 1. The number of rotatable bonds is 11. The van der Waals surface area contributed by atoms with Gasteiger partial charge in [-0.15, -0.1) is 0 Å². The summed E-state index contributed by atoms with van der Waals surface area (Å²) in [5.74, 6) is 0.378. The van der Waals surface area contributed by atoms with Crippen molar-refractivity contribution in [2.24, 2.45) is 5.10 Å². The Hall–Kier alpha value is -4.45. The fourth-order valence-corrected chi connectivity index (χ4v) is 3.39. The van der Waals surface area contributed by atoms with Gasteiger partial charge in [-0.2, -0.15) is 5.10 Å². The van der Waals surface area contributed by atoms with Gasteiger partial charge in [0.2, 0.25) is 0 Å². The van der Waals surface area contributed by atoms with Crippen molar-refractivity contribution in [2.75, 3.05) is 20.3 Å². The first-order valence-corrected chi connectivity index (χ1v) is 11.6. The lowest BCUT2D eigenvalue weighted by Gasteiger charge is -2.11. The van der Waals surface area contributed by atoms with E-state index in [1.54, 1.807) is 44.4 Å². The van der Waals surface area contributed by atoms with E-state index in [1.165, 1.54) is 36.5 Å². The Labute approximate surface area is 220 Å². The number of esters is 1. The minimum absolute atomic E-state index is 0.137. The maximum atomic E-state index is 12.5. The molecule has 12 heteroatoms. The highest BCUT2D eigenvalue weighted by Crippen LogP contribution is 2.30. The summed E-state index contributed by atoms with van der Waals surface area (Å²) in [5.41, 5.74) is 2.94. The third kappa shape index (κ3) is 7.77. The highest BCUT2D eigenvalue weighted by molar-refractivity contribution is 9.10. The summed E-state index contributed by atoms with van der Waals surface area (Å²) >= 11 is 3.35. The molecule has 1 N–H and O–H groups in total. The zero-order valence-electron chi connectivity index (χ0n) is 19.8. The van der Waals surface area contributed by atoms with Crippen molar-refractivity contribution in [1.29, 1.82) is 0 Å². The molecule has 0 fully saturated rings. The molecule has 0 aromatic heterocycles. The number of hydrogen-bond donors (Lipinski definition) is 1. The zero-order valence-corrected chi connectivity index (χ0v) is 21.4. The third-order valence-corrected chi connectivity index (χ3v) is 5.30. The molecule has 3 aromatic rings. The van der Waals surface area contributed by atoms with Crippen molar-refractivity contribution in [3.8, 4) is 23.0 Å². The number of nitro groups is 1. The Balaban J connectivity index is 1.59. The fraction of sp³-hybridized carbons (Fsp3) is 0.160. The predicted octanol–water partition coefficient (Wildman–Crippen LogP) is 4.51. The summed E-state index contributed by atoms with van der Waals surface area (Å²) in [6.45, 7) is 1.81. The van der Waals surface area contributed by atoms with Crippen LogP contribution in [-0.2, 0) is 4.79 Å². The predicted molar refractivity (Wildman–Crippen MR) is 138 cm³/mol. The van der Waals surface area contributed by atoms with Gasteiger partial charge in [-0.1, -0.05) is 0 Å². The van der Waals surface area contributed by atoms with Crippen molar-refractivity contribution >= 4 is 39.7 Å². The second-order valence-electron chi connectivity index (χ2n) is 7.21. The standard InChI is InChI=1S/C25H22BrN3O8/c1-3-35-23-12-16(4-10-22(23)37-25(31)17-5-7-18(8-6-17)29(32)33)14-27-28-24(30)15-36-21-11-9-19(34-2)13-20(21)26/h4-14H,3,15H2,1-2H3,(H,28,30). The van der Waals surface area contributed by atoms with E-state index < -0.39 is 16.8 Å². The SMILES string of the molecule is CCOc1cc(C=NNC(=O)COc2ccc(OC)cc2Br)ccc1OC(=O)c1ccc([N+](=O)[O-])cc1. The molecule has 0 bridgehead atoms. The molecule has 3 rings (SSSR count). The van der Waals surface area contributed by atoms with Crippen molar-refractivity contribution in [2.45, 2.75) is 6.92 Å². The van der Waals surface area contributed by atoms with Gasteiger partial charge in [0.1, 0.15) is 11.5 Å². The van der Waals surface area contributed by atoms with E-state index in [9.17, 15) is 19.7 Å². The summed E-state index contributed by atoms with van der Waals surface area (Å²) in [7, 11) is 1.55. The van der Waals surface area contributed by atoms with Crippen LogP contribution in [-0.4, -0.2) is 43.3 Å². The first-order chi connectivity index (χ1) is 17.8. The summed E-state index contributed by atoms with van der Waals surface area (Å²) in [5, 5.41) is 14.7. The van der Waals surface area contributed by atoms with Crippen LogP contribution in [0.5, 0.6) is 23.0 Å². The molecule has 0 saturated heterocycles. The molecule has 0 aliphatic heterocycles. The van der Waals surface area contributed by atoms with Gasteiger partial charge in [-0.25, -0.2) is 10.2 Å². The van der Waals surface area contributed by atoms with Crippen LogP contribution < -0.4 is 24.4 Å². The lowest BCUT2D eigenvalue weighted by molar-refractivity contribution is -0.384. The van der Waals surface area contributed by atoms with Crippen LogP contribution in [0.25, 0.3) is 0 Å².